The Kier molecular flexibility index (Phi) is 2.79. The van der Waals surface area contributed by atoms with Crippen molar-refractivity contribution >= 4 is 11.3 Å². The van der Waals surface area contributed by atoms with E-state index in [1.807, 2.05) is 12.4 Å². The Morgan fingerprint density at radius 3 is 2.85 bits per heavy atom. The molecule has 0 bridgehead atoms. The van der Waals surface area contributed by atoms with Crippen LogP contribution in [-0.4, -0.2) is 4.98 Å². The Hall–Kier alpha value is -1.06. The molecule has 0 unspecified atom stereocenters. The van der Waals surface area contributed by atoms with Gasteiger partial charge in [-0.2, -0.15) is 11.3 Å². The van der Waals surface area contributed by atoms with Crippen molar-refractivity contribution in [2.24, 2.45) is 0 Å². The smallest absolute Gasteiger partial charge is 0.0223 e. The molecule has 0 aromatic carbocycles. The largest absolute Gasteiger partial charge is 0.367 e. The normalized spacial score (nSPS) is 10.5. The van der Waals surface area contributed by atoms with Crippen LogP contribution in [0.5, 0.6) is 0 Å². The Morgan fingerprint density at radius 1 is 1.23 bits per heavy atom. The van der Waals surface area contributed by atoms with E-state index in [0.717, 1.165) is 13.1 Å². The Balaban J connectivity index is 1.76. The average Bonchev–Trinajstić information content (AvgIpc) is 2.75. The van der Waals surface area contributed by atoms with Crippen LogP contribution < -0.4 is 5.32 Å². The third kappa shape index (κ3) is 2.44. The fourth-order valence-electron chi connectivity index (χ4n) is 1.21. The molecular formula is C10H12N2S. The summed E-state index contributed by atoms with van der Waals surface area (Å²) in [5.41, 5.74) is 2.66. The van der Waals surface area contributed by atoms with Crippen molar-refractivity contribution in [2.45, 2.75) is 13.1 Å². The van der Waals surface area contributed by atoms with Crippen LogP contribution in [0.25, 0.3) is 0 Å². The molecule has 0 saturated heterocycles. The number of hydrogen-bond acceptors (Lipinski definition) is 2. The Bertz CT molecular complexity index is 289. The molecule has 2 aromatic rings. The van der Waals surface area contributed by atoms with E-state index < -0.39 is 0 Å². The van der Waals surface area contributed by atoms with Crippen molar-refractivity contribution in [3.05, 3.63) is 46.4 Å². The molecule has 2 heterocycles. The van der Waals surface area contributed by atoms with Gasteiger partial charge in [-0.15, -0.1) is 0 Å². The molecule has 2 N–H and O–H groups in total. The molecule has 0 saturated carbocycles. The van der Waals surface area contributed by atoms with E-state index in [1.165, 1.54) is 11.1 Å². The van der Waals surface area contributed by atoms with E-state index in [9.17, 15) is 0 Å². The number of rotatable bonds is 4. The highest BCUT2D eigenvalue weighted by Gasteiger charge is 1.93. The van der Waals surface area contributed by atoms with E-state index in [0.29, 0.717) is 0 Å². The lowest BCUT2D eigenvalue weighted by molar-refractivity contribution is 0.695. The molecule has 0 amide bonds. The van der Waals surface area contributed by atoms with Gasteiger partial charge in [0.25, 0.3) is 0 Å². The summed E-state index contributed by atoms with van der Waals surface area (Å²) in [7, 11) is 0. The molecule has 3 heteroatoms. The third-order valence-electron chi connectivity index (χ3n) is 1.90. The van der Waals surface area contributed by atoms with Gasteiger partial charge in [-0.3, -0.25) is 0 Å². The van der Waals surface area contributed by atoms with Crippen LogP contribution in [0.1, 0.15) is 11.1 Å². The average molecular weight is 192 g/mol. The first-order valence-corrected chi connectivity index (χ1v) is 5.23. The van der Waals surface area contributed by atoms with E-state index in [4.69, 9.17) is 0 Å². The van der Waals surface area contributed by atoms with Crippen LogP contribution in [0.2, 0.25) is 0 Å². The lowest BCUT2D eigenvalue weighted by Crippen LogP contribution is -2.11. The van der Waals surface area contributed by atoms with Gasteiger partial charge in [0.05, 0.1) is 0 Å². The van der Waals surface area contributed by atoms with Gasteiger partial charge in [0, 0.05) is 25.5 Å². The molecule has 0 fully saturated rings. The molecule has 68 valence electrons. The van der Waals surface area contributed by atoms with Gasteiger partial charge in [0.2, 0.25) is 0 Å². The number of nitrogens with one attached hydrogen (secondary N) is 2. The Morgan fingerprint density at radius 2 is 2.15 bits per heavy atom. The second-order valence-corrected chi connectivity index (χ2v) is 3.73. The van der Waals surface area contributed by atoms with Crippen molar-refractivity contribution < 1.29 is 0 Å². The zero-order valence-electron chi connectivity index (χ0n) is 7.29. The summed E-state index contributed by atoms with van der Waals surface area (Å²) in [4.78, 5) is 3.04. The van der Waals surface area contributed by atoms with Crippen molar-refractivity contribution in [1.82, 2.24) is 10.3 Å². The highest BCUT2D eigenvalue weighted by molar-refractivity contribution is 7.07. The molecule has 0 spiro atoms. The second-order valence-electron chi connectivity index (χ2n) is 2.95. The molecule has 2 rings (SSSR count). The van der Waals surface area contributed by atoms with Crippen LogP contribution in [-0.2, 0) is 13.1 Å². The predicted octanol–water partition coefficient (Wildman–Crippen LogP) is 2.37. The van der Waals surface area contributed by atoms with Crippen molar-refractivity contribution in [1.29, 1.82) is 0 Å². The van der Waals surface area contributed by atoms with Crippen LogP contribution in [0.4, 0.5) is 0 Å². The minimum Gasteiger partial charge on any atom is -0.367 e. The molecular weight excluding hydrogens is 180 g/mol. The first-order valence-electron chi connectivity index (χ1n) is 4.28. The van der Waals surface area contributed by atoms with Gasteiger partial charge in [-0.1, -0.05) is 0 Å². The summed E-state index contributed by atoms with van der Waals surface area (Å²) in [6, 6.07) is 4.23. The minimum absolute atomic E-state index is 0.930. The van der Waals surface area contributed by atoms with E-state index in [-0.39, 0.29) is 0 Å². The van der Waals surface area contributed by atoms with Gasteiger partial charge in [-0.05, 0) is 34.0 Å². The van der Waals surface area contributed by atoms with E-state index in [2.05, 4.69) is 33.2 Å². The number of H-pyrrole nitrogens is 1. The van der Waals surface area contributed by atoms with Crippen molar-refractivity contribution in [2.75, 3.05) is 0 Å². The molecule has 2 nitrogen and oxygen atoms in total. The van der Waals surface area contributed by atoms with Gasteiger partial charge in [0.15, 0.2) is 0 Å². The fourth-order valence-corrected chi connectivity index (χ4v) is 1.88. The maximum absolute atomic E-state index is 3.38. The summed E-state index contributed by atoms with van der Waals surface area (Å²) < 4.78 is 0. The number of thiophene rings is 1. The van der Waals surface area contributed by atoms with Crippen molar-refractivity contribution in [3.8, 4) is 0 Å². The molecule has 13 heavy (non-hydrogen) atoms. The third-order valence-corrected chi connectivity index (χ3v) is 2.63. The summed E-state index contributed by atoms with van der Waals surface area (Å²) in [5.74, 6) is 0. The summed E-state index contributed by atoms with van der Waals surface area (Å²) in [6.07, 6.45) is 3.96. The summed E-state index contributed by atoms with van der Waals surface area (Å²) in [6.45, 7) is 1.88. The van der Waals surface area contributed by atoms with Crippen LogP contribution in [0.3, 0.4) is 0 Å². The quantitative estimate of drug-likeness (QED) is 0.764. The SMILES string of the molecule is c1cc(CNCc2ccsc2)c[nH]1. The standard InChI is InChI=1S/C10H12N2S/c1-3-11-5-9(1)6-12-7-10-2-4-13-8-10/h1-5,8,11-12H,6-7H2. The number of hydrogen-bond donors (Lipinski definition) is 2. The number of aromatic nitrogens is 1. The first kappa shape index (κ1) is 8.53. The first-order chi connectivity index (χ1) is 6.45. The van der Waals surface area contributed by atoms with Gasteiger partial charge >= 0.3 is 0 Å². The van der Waals surface area contributed by atoms with Gasteiger partial charge in [-0.25, -0.2) is 0 Å². The van der Waals surface area contributed by atoms with Crippen LogP contribution in [0, 0.1) is 0 Å². The van der Waals surface area contributed by atoms with Crippen LogP contribution >= 0.6 is 11.3 Å². The fraction of sp³-hybridized carbons (Fsp3) is 0.200. The number of aromatic amines is 1. The minimum atomic E-state index is 0.930. The molecule has 0 aliphatic rings. The topological polar surface area (TPSA) is 27.8 Å². The zero-order chi connectivity index (χ0) is 8.93. The highest BCUT2D eigenvalue weighted by Crippen LogP contribution is 2.05. The van der Waals surface area contributed by atoms with Gasteiger partial charge < -0.3 is 10.3 Å². The molecule has 0 atom stereocenters. The second kappa shape index (κ2) is 4.25. The lowest BCUT2D eigenvalue weighted by atomic mass is 10.3. The molecule has 0 aliphatic heterocycles. The molecule has 2 aromatic heterocycles. The lowest BCUT2D eigenvalue weighted by Gasteiger charge is -1.99. The highest BCUT2D eigenvalue weighted by atomic mass is 32.1. The summed E-state index contributed by atoms with van der Waals surface area (Å²) >= 11 is 1.74. The maximum Gasteiger partial charge on any atom is 0.0223 e. The molecule has 0 radical (unpaired) electrons. The van der Waals surface area contributed by atoms with Crippen LogP contribution in [0.15, 0.2) is 35.3 Å². The molecule has 0 aliphatic carbocycles. The maximum atomic E-state index is 3.38. The predicted molar refractivity (Wildman–Crippen MR) is 55.7 cm³/mol. The van der Waals surface area contributed by atoms with Gasteiger partial charge in [0.1, 0.15) is 0 Å². The van der Waals surface area contributed by atoms with E-state index in [1.54, 1.807) is 11.3 Å². The zero-order valence-corrected chi connectivity index (χ0v) is 8.10. The van der Waals surface area contributed by atoms with E-state index >= 15 is 0 Å². The Labute approximate surface area is 81.6 Å². The van der Waals surface area contributed by atoms with Crippen molar-refractivity contribution in [3.63, 3.8) is 0 Å². The summed E-state index contributed by atoms with van der Waals surface area (Å²) in [5, 5.41) is 7.65. The monoisotopic (exact) mass is 192 g/mol.